The maximum Gasteiger partial charge on any atom is 0.262 e. The summed E-state index contributed by atoms with van der Waals surface area (Å²) in [7, 11) is 3.04. The molecular weight excluding hydrogens is 425 g/mol. The molecule has 4 aromatic rings. The first-order valence-electron chi connectivity index (χ1n) is 10.2. The molecule has 8 heteroatoms. The highest BCUT2D eigenvalue weighted by Crippen LogP contribution is 2.31. The molecule has 0 aliphatic heterocycles. The Kier molecular flexibility index (Phi) is 6.08. The van der Waals surface area contributed by atoms with Crippen LogP contribution in [0.5, 0.6) is 11.5 Å². The minimum absolute atomic E-state index is 0.296. The molecule has 0 radical (unpaired) electrons. The molecule has 0 saturated heterocycles. The molecule has 0 spiro atoms. The lowest BCUT2D eigenvalue weighted by molar-refractivity contribution is -0.116. The summed E-state index contributed by atoms with van der Waals surface area (Å²) in [5.41, 5.74) is 1.49. The number of hydrogen-bond acceptors (Lipinski definition) is 5. The molecule has 0 bridgehead atoms. The van der Waals surface area contributed by atoms with Crippen LogP contribution < -0.4 is 20.3 Å². The number of aromatic nitrogens is 2. The molecule has 1 amide bonds. The SMILES string of the molecule is COc1ccc(-c2nc3ccccc3c(=O)n2CC(=O)Nc2ccc(C)c(F)c2)cc1OC. The zero-order chi connectivity index (χ0) is 23.5. The summed E-state index contributed by atoms with van der Waals surface area (Å²) in [4.78, 5) is 30.8. The van der Waals surface area contributed by atoms with Crippen molar-refractivity contribution < 1.29 is 18.7 Å². The number of methoxy groups -OCH3 is 2. The van der Waals surface area contributed by atoms with Gasteiger partial charge in [0.1, 0.15) is 18.2 Å². The lowest BCUT2D eigenvalue weighted by Crippen LogP contribution is -2.30. The number of anilines is 1. The van der Waals surface area contributed by atoms with E-state index >= 15 is 0 Å². The molecule has 0 fully saturated rings. The van der Waals surface area contributed by atoms with Gasteiger partial charge in [-0.2, -0.15) is 0 Å². The van der Waals surface area contributed by atoms with Gasteiger partial charge >= 0.3 is 0 Å². The van der Waals surface area contributed by atoms with Gasteiger partial charge in [-0.1, -0.05) is 18.2 Å². The fourth-order valence-corrected chi connectivity index (χ4v) is 3.53. The lowest BCUT2D eigenvalue weighted by Gasteiger charge is -2.15. The van der Waals surface area contributed by atoms with Crippen LogP contribution in [0, 0.1) is 12.7 Å². The molecule has 0 saturated carbocycles. The summed E-state index contributed by atoms with van der Waals surface area (Å²) in [5, 5.41) is 3.03. The van der Waals surface area contributed by atoms with Crippen molar-refractivity contribution in [3.63, 3.8) is 0 Å². The molecule has 4 rings (SSSR count). The fraction of sp³-hybridized carbons (Fsp3) is 0.160. The molecular formula is C25H22FN3O4. The summed E-state index contributed by atoms with van der Waals surface area (Å²) in [6.45, 7) is 1.33. The minimum atomic E-state index is -0.487. The van der Waals surface area contributed by atoms with E-state index in [1.807, 2.05) is 0 Å². The second kappa shape index (κ2) is 9.12. The standard InChI is InChI=1S/C25H22FN3O4/c1-15-8-10-17(13-19(15)26)27-23(30)14-29-24(16-9-11-21(32-2)22(12-16)33-3)28-20-7-5-4-6-18(20)25(29)31/h4-13H,14H2,1-3H3,(H,27,30). The maximum absolute atomic E-state index is 13.9. The number of ether oxygens (including phenoxy) is 2. The van der Waals surface area contributed by atoms with Crippen molar-refractivity contribution in [2.24, 2.45) is 0 Å². The largest absolute Gasteiger partial charge is 0.493 e. The summed E-state index contributed by atoms with van der Waals surface area (Å²) in [6, 6.07) is 16.5. The number of rotatable bonds is 6. The first-order chi connectivity index (χ1) is 15.9. The zero-order valence-corrected chi connectivity index (χ0v) is 18.4. The topological polar surface area (TPSA) is 82.5 Å². The van der Waals surface area contributed by atoms with E-state index < -0.39 is 11.7 Å². The van der Waals surface area contributed by atoms with Gasteiger partial charge in [-0.25, -0.2) is 9.37 Å². The van der Waals surface area contributed by atoms with Crippen molar-refractivity contribution in [2.75, 3.05) is 19.5 Å². The highest BCUT2D eigenvalue weighted by Gasteiger charge is 2.17. The number of hydrogen-bond donors (Lipinski definition) is 1. The van der Waals surface area contributed by atoms with Crippen molar-refractivity contribution >= 4 is 22.5 Å². The Morgan fingerprint density at radius 3 is 2.52 bits per heavy atom. The number of nitrogens with one attached hydrogen (secondary N) is 1. The van der Waals surface area contributed by atoms with Gasteiger partial charge in [-0.3, -0.25) is 14.2 Å². The second-order valence-corrected chi connectivity index (χ2v) is 7.43. The highest BCUT2D eigenvalue weighted by molar-refractivity contribution is 5.91. The van der Waals surface area contributed by atoms with Gasteiger partial charge in [0, 0.05) is 11.3 Å². The molecule has 1 heterocycles. The van der Waals surface area contributed by atoms with E-state index in [1.165, 1.54) is 24.9 Å². The first kappa shape index (κ1) is 22.0. The number of aryl methyl sites for hydroxylation is 1. The van der Waals surface area contributed by atoms with Crippen LogP contribution in [-0.4, -0.2) is 29.7 Å². The number of carbonyl (C=O) groups excluding carboxylic acids is 1. The van der Waals surface area contributed by atoms with E-state index in [9.17, 15) is 14.0 Å². The van der Waals surface area contributed by atoms with Crippen LogP contribution in [-0.2, 0) is 11.3 Å². The Morgan fingerprint density at radius 2 is 1.79 bits per heavy atom. The lowest BCUT2D eigenvalue weighted by atomic mass is 10.1. The average molecular weight is 447 g/mol. The first-order valence-corrected chi connectivity index (χ1v) is 10.2. The summed E-state index contributed by atoms with van der Waals surface area (Å²) >= 11 is 0. The maximum atomic E-state index is 13.9. The Morgan fingerprint density at radius 1 is 1.03 bits per heavy atom. The van der Waals surface area contributed by atoms with Crippen LogP contribution in [0.4, 0.5) is 10.1 Å². The van der Waals surface area contributed by atoms with Crippen molar-refractivity contribution in [2.45, 2.75) is 13.5 Å². The van der Waals surface area contributed by atoms with E-state index in [0.29, 0.717) is 45.0 Å². The third kappa shape index (κ3) is 4.41. The molecule has 0 aliphatic rings. The van der Waals surface area contributed by atoms with E-state index in [1.54, 1.807) is 61.5 Å². The fourth-order valence-electron chi connectivity index (χ4n) is 3.53. The third-order valence-corrected chi connectivity index (χ3v) is 5.26. The summed E-state index contributed by atoms with van der Waals surface area (Å²) < 4.78 is 25.8. The number of amides is 1. The Hall–Kier alpha value is -4.20. The average Bonchev–Trinajstić information content (AvgIpc) is 2.82. The molecule has 0 atom stereocenters. The Labute approximate surface area is 189 Å². The van der Waals surface area contributed by atoms with Gasteiger partial charge in [0.15, 0.2) is 11.5 Å². The zero-order valence-electron chi connectivity index (χ0n) is 18.4. The monoisotopic (exact) mass is 447 g/mol. The number of fused-ring (bicyclic) bond motifs is 1. The van der Waals surface area contributed by atoms with Gasteiger partial charge in [-0.15, -0.1) is 0 Å². The van der Waals surface area contributed by atoms with Crippen molar-refractivity contribution in [3.8, 4) is 22.9 Å². The highest BCUT2D eigenvalue weighted by atomic mass is 19.1. The predicted molar refractivity (Wildman–Crippen MR) is 124 cm³/mol. The molecule has 1 aromatic heterocycles. The molecule has 3 aromatic carbocycles. The smallest absolute Gasteiger partial charge is 0.262 e. The summed E-state index contributed by atoms with van der Waals surface area (Å²) in [5.74, 6) is 0.367. The van der Waals surface area contributed by atoms with Gasteiger partial charge in [0.2, 0.25) is 5.91 Å². The molecule has 7 nitrogen and oxygen atoms in total. The second-order valence-electron chi connectivity index (χ2n) is 7.43. The van der Waals surface area contributed by atoms with E-state index in [0.717, 1.165) is 0 Å². The quantitative estimate of drug-likeness (QED) is 0.480. The molecule has 33 heavy (non-hydrogen) atoms. The molecule has 0 aliphatic carbocycles. The van der Waals surface area contributed by atoms with Gasteiger partial charge in [0.25, 0.3) is 5.56 Å². The van der Waals surface area contributed by atoms with Gasteiger partial charge in [0.05, 0.1) is 25.1 Å². The number of nitrogens with zero attached hydrogens (tertiary/aromatic N) is 2. The third-order valence-electron chi connectivity index (χ3n) is 5.26. The van der Waals surface area contributed by atoms with Gasteiger partial charge < -0.3 is 14.8 Å². The Balaban J connectivity index is 1.79. The number of para-hydroxylation sites is 1. The van der Waals surface area contributed by atoms with Crippen LogP contribution >= 0.6 is 0 Å². The van der Waals surface area contributed by atoms with Crippen molar-refractivity contribution in [3.05, 3.63) is 82.4 Å². The number of halogens is 1. The normalized spacial score (nSPS) is 10.8. The van der Waals surface area contributed by atoms with Crippen molar-refractivity contribution in [1.29, 1.82) is 0 Å². The Bertz CT molecular complexity index is 1410. The summed E-state index contributed by atoms with van der Waals surface area (Å²) in [6.07, 6.45) is 0. The number of carbonyl (C=O) groups is 1. The minimum Gasteiger partial charge on any atom is -0.493 e. The van der Waals surface area contributed by atoms with Crippen molar-refractivity contribution in [1.82, 2.24) is 9.55 Å². The molecule has 168 valence electrons. The van der Waals surface area contributed by atoms with Crippen LogP contribution in [0.15, 0.2) is 65.5 Å². The van der Waals surface area contributed by atoms with Crippen LogP contribution in [0.2, 0.25) is 0 Å². The van der Waals surface area contributed by atoms with E-state index in [2.05, 4.69) is 10.3 Å². The van der Waals surface area contributed by atoms with Gasteiger partial charge in [-0.05, 0) is 55.0 Å². The van der Waals surface area contributed by atoms with E-state index in [-0.39, 0.29) is 12.1 Å². The van der Waals surface area contributed by atoms with E-state index in [4.69, 9.17) is 9.47 Å². The van der Waals surface area contributed by atoms with Crippen LogP contribution in [0.3, 0.4) is 0 Å². The number of benzene rings is 3. The predicted octanol–water partition coefficient (Wildman–Crippen LogP) is 4.17. The van der Waals surface area contributed by atoms with Crippen LogP contribution in [0.1, 0.15) is 5.56 Å². The molecule has 0 unspecified atom stereocenters. The van der Waals surface area contributed by atoms with Crippen LogP contribution in [0.25, 0.3) is 22.3 Å². The molecule has 1 N–H and O–H groups in total.